The molecule has 0 unspecified atom stereocenters. The molecule has 13 heteroatoms. The van der Waals surface area contributed by atoms with E-state index in [0.717, 1.165) is 170 Å². The Labute approximate surface area is 526 Å². The highest BCUT2D eigenvalue weighted by Crippen LogP contribution is 2.57. The molecule has 0 spiro atoms. The minimum atomic E-state index is 0.626. The Balaban J connectivity index is 1.14. The van der Waals surface area contributed by atoms with Crippen molar-refractivity contribution in [1.29, 1.82) is 0 Å². The van der Waals surface area contributed by atoms with Crippen molar-refractivity contribution in [3.63, 3.8) is 0 Å². The predicted molar refractivity (Wildman–Crippen MR) is 369 cm³/mol. The van der Waals surface area contributed by atoms with Crippen molar-refractivity contribution in [2.24, 2.45) is 0 Å². The van der Waals surface area contributed by atoms with Crippen molar-refractivity contribution >= 4 is 99.7 Å². The lowest BCUT2D eigenvalue weighted by Gasteiger charge is -2.18. The molecule has 10 rings (SSSR count). The second-order valence-corrected chi connectivity index (χ2v) is 27.3. The van der Waals surface area contributed by atoms with Gasteiger partial charge < -0.3 is 18.9 Å². The van der Waals surface area contributed by atoms with Crippen LogP contribution in [0.1, 0.15) is 193 Å². The molecule has 0 atom stereocenters. The Morgan fingerprint density at radius 3 is 1.11 bits per heavy atom. The molecular formula is C72H88N4O4S5. The SMILES string of the molecule is CCCCCCCCOc1c(C)c(-c2ccccc2)c2nsnc2c1-c1cc2c(OCCCCCCCC)c3sc(-c4c(C)c(OCCCCCCCC)c(-c5ccc(-c6ccccc6)s5)c5nsnc45)cc3c(OCCCCCCCC)c2s1. The molecule has 0 amide bonds. The summed E-state index contributed by atoms with van der Waals surface area (Å²) in [7, 11) is 0. The van der Waals surface area contributed by atoms with E-state index in [9.17, 15) is 0 Å². The second kappa shape index (κ2) is 32.0. The van der Waals surface area contributed by atoms with E-state index in [4.69, 9.17) is 36.4 Å². The largest absolute Gasteiger partial charge is 0.493 e. The van der Waals surface area contributed by atoms with Crippen LogP contribution in [-0.4, -0.2) is 43.9 Å². The molecule has 0 saturated heterocycles. The number of benzene rings is 5. The van der Waals surface area contributed by atoms with Crippen LogP contribution in [0.25, 0.3) is 95.1 Å². The maximum atomic E-state index is 7.29. The number of rotatable bonds is 37. The number of fused-ring (bicyclic) bond motifs is 4. The van der Waals surface area contributed by atoms with Gasteiger partial charge in [-0.1, -0.05) is 217 Å². The molecule has 0 aliphatic heterocycles. The fourth-order valence-corrected chi connectivity index (χ4v) is 16.6. The minimum Gasteiger partial charge on any atom is -0.493 e. The van der Waals surface area contributed by atoms with Gasteiger partial charge in [-0.25, -0.2) is 0 Å². The van der Waals surface area contributed by atoms with E-state index in [1.807, 2.05) is 0 Å². The maximum absolute atomic E-state index is 7.29. The molecule has 0 fully saturated rings. The van der Waals surface area contributed by atoms with Gasteiger partial charge in [0.25, 0.3) is 0 Å². The lowest BCUT2D eigenvalue weighted by atomic mass is 9.94. The number of nitrogens with zero attached hydrogens (tertiary/aromatic N) is 4. The minimum absolute atomic E-state index is 0.626. The number of aromatic nitrogens is 4. The fraction of sp³-hybridized carbons (Fsp3) is 0.472. The van der Waals surface area contributed by atoms with Crippen LogP contribution in [-0.2, 0) is 0 Å². The van der Waals surface area contributed by atoms with E-state index in [2.05, 4.69) is 126 Å². The maximum Gasteiger partial charge on any atom is 0.146 e. The number of hydrogen-bond acceptors (Lipinski definition) is 13. The van der Waals surface area contributed by atoms with Gasteiger partial charge in [-0.05, 0) is 74.9 Å². The molecule has 5 heterocycles. The smallest absolute Gasteiger partial charge is 0.146 e. The van der Waals surface area contributed by atoms with Gasteiger partial charge in [0.15, 0.2) is 0 Å². The normalized spacial score (nSPS) is 11.8. The van der Waals surface area contributed by atoms with Crippen LogP contribution in [0.5, 0.6) is 23.0 Å². The van der Waals surface area contributed by atoms with E-state index in [-0.39, 0.29) is 0 Å². The van der Waals surface area contributed by atoms with Crippen LogP contribution in [0.15, 0.2) is 84.9 Å². The van der Waals surface area contributed by atoms with E-state index in [1.54, 1.807) is 34.0 Å². The summed E-state index contributed by atoms with van der Waals surface area (Å²) in [6, 6.07) is 30.6. The average Bonchev–Trinajstić information content (AvgIpc) is 1.88. The van der Waals surface area contributed by atoms with Crippen LogP contribution in [0.4, 0.5) is 0 Å². The van der Waals surface area contributed by atoms with Gasteiger partial charge in [0.05, 0.1) is 70.4 Å². The zero-order valence-electron chi connectivity index (χ0n) is 51.3. The van der Waals surface area contributed by atoms with Crippen LogP contribution in [0.3, 0.4) is 0 Å². The molecule has 0 saturated carbocycles. The van der Waals surface area contributed by atoms with Crippen molar-refractivity contribution in [3.8, 4) is 75.9 Å². The molecule has 8 nitrogen and oxygen atoms in total. The third kappa shape index (κ3) is 14.9. The first-order chi connectivity index (χ1) is 41.9. The monoisotopic (exact) mass is 1230 g/mol. The third-order valence-electron chi connectivity index (χ3n) is 16.6. The summed E-state index contributed by atoms with van der Waals surface area (Å²) in [5.74, 6) is 3.62. The van der Waals surface area contributed by atoms with Crippen molar-refractivity contribution in [1.82, 2.24) is 17.5 Å². The van der Waals surface area contributed by atoms with Crippen LogP contribution >= 0.6 is 57.5 Å². The van der Waals surface area contributed by atoms with Gasteiger partial charge in [-0.2, -0.15) is 17.5 Å². The predicted octanol–water partition coefficient (Wildman–Crippen LogP) is 24.1. The number of ether oxygens (including phenoxy) is 4. The molecule has 450 valence electrons. The van der Waals surface area contributed by atoms with Gasteiger partial charge in [0, 0.05) is 52.5 Å². The van der Waals surface area contributed by atoms with Crippen molar-refractivity contribution < 1.29 is 18.9 Å². The average molecular weight is 1230 g/mol. The molecule has 0 radical (unpaired) electrons. The molecule has 0 aliphatic carbocycles. The van der Waals surface area contributed by atoms with Crippen LogP contribution in [0.2, 0.25) is 0 Å². The van der Waals surface area contributed by atoms with Gasteiger partial charge in [0.2, 0.25) is 0 Å². The number of hydrogen-bond donors (Lipinski definition) is 0. The second-order valence-electron chi connectivity index (χ2n) is 23.1. The van der Waals surface area contributed by atoms with Crippen molar-refractivity contribution in [2.45, 2.75) is 196 Å². The number of unbranched alkanes of at least 4 members (excludes halogenated alkanes) is 20. The first-order valence-electron chi connectivity index (χ1n) is 32.3. The zero-order valence-corrected chi connectivity index (χ0v) is 55.4. The summed E-state index contributed by atoms with van der Waals surface area (Å²) in [5, 5.41) is 2.14. The quantitative estimate of drug-likeness (QED) is 0.0356. The van der Waals surface area contributed by atoms with Gasteiger partial charge >= 0.3 is 0 Å². The Bertz CT molecular complexity index is 3620. The van der Waals surface area contributed by atoms with E-state index in [1.165, 1.54) is 137 Å². The summed E-state index contributed by atoms with van der Waals surface area (Å²) in [4.78, 5) is 4.54. The van der Waals surface area contributed by atoms with Gasteiger partial charge in [-0.15, -0.1) is 34.0 Å². The van der Waals surface area contributed by atoms with Gasteiger partial charge in [-0.3, -0.25) is 0 Å². The zero-order chi connectivity index (χ0) is 58.7. The molecular weight excluding hydrogens is 1150 g/mol. The highest BCUT2D eigenvalue weighted by molar-refractivity contribution is 7.25. The highest BCUT2D eigenvalue weighted by Gasteiger charge is 2.31. The molecule has 85 heavy (non-hydrogen) atoms. The van der Waals surface area contributed by atoms with E-state index >= 15 is 0 Å². The first kappa shape index (κ1) is 62.6. The van der Waals surface area contributed by atoms with Crippen LogP contribution in [0, 0.1) is 13.8 Å². The summed E-state index contributed by atoms with van der Waals surface area (Å²) in [6.45, 7) is 16.1. The number of thiophene rings is 3. The third-order valence-corrected chi connectivity index (χ3v) is 21.1. The lowest BCUT2D eigenvalue weighted by Crippen LogP contribution is -2.03. The lowest BCUT2D eigenvalue weighted by molar-refractivity contribution is 0.304. The Morgan fingerprint density at radius 2 is 0.659 bits per heavy atom. The molecule has 0 aliphatic rings. The summed E-state index contributed by atoms with van der Waals surface area (Å²) >= 11 is 7.93. The fourth-order valence-electron chi connectivity index (χ4n) is 12.0. The van der Waals surface area contributed by atoms with Gasteiger partial charge in [0.1, 0.15) is 45.1 Å². The first-order valence-corrected chi connectivity index (χ1v) is 36.2. The van der Waals surface area contributed by atoms with Crippen molar-refractivity contribution in [3.05, 3.63) is 96.1 Å². The molecule has 5 aromatic carbocycles. The summed E-state index contributed by atoms with van der Waals surface area (Å²) in [6.07, 6.45) is 28.5. The molecule has 5 aromatic heterocycles. The Kier molecular flexibility index (Phi) is 23.6. The Morgan fingerprint density at radius 1 is 0.318 bits per heavy atom. The van der Waals surface area contributed by atoms with E-state index < -0.39 is 0 Å². The summed E-state index contributed by atoms with van der Waals surface area (Å²) in [5.41, 5.74) is 12.3. The Hall–Kier alpha value is -5.44. The standard InChI is InChI=1S/C72H88N4O4S5/c1-7-11-15-19-23-33-43-77-67-49(5)59(52-39-31-28-32-40-52)63-66(76-84-73-63)62(67)58-48-54-70(80-46-36-26-22-18-14-10-4)71-53(69(72(54)83-58)79-45-35-25-21-17-13-9-3)47-57(82-71)60-50(6)68(78-44-34-24-20-16-12-8-2)61(65-64(60)74-85-75-65)56-42-41-55(81-56)51-37-29-27-30-38-51/h27-32,37-42,47-48H,7-26,33-36,43-46H2,1-6H3. The van der Waals surface area contributed by atoms with Crippen LogP contribution < -0.4 is 18.9 Å². The molecule has 0 bridgehead atoms. The molecule has 10 aromatic rings. The van der Waals surface area contributed by atoms with E-state index in [0.29, 0.717) is 26.4 Å². The summed E-state index contributed by atoms with van der Waals surface area (Å²) < 4.78 is 51.5. The highest BCUT2D eigenvalue weighted by atomic mass is 32.1. The van der Waals surface area contributed by atoms with Crippen molar-refractivity contribution in [2.75, 3.05) is 26.4 Å². The topological polar surface area (TPSA) is 88.5 Å². The molecule has 0 N–H and O–H groups in total.